The number of H-pyrrole nitrogens is 1. The van der Waals surface area contributed by atoms with Crippen molar-refractivity contribution in [2.75, 3.05) is 6.61 Å². The van der Waals surface area contributed by atoms with Crippen LogP contribution in [0.2, 0.25) is 0 Å². The molecule has 0 spiro atoms. The molecular weight excluding hydrogens is 251 g/mol. The summed E-state index contributed by atoms with van der Waals surface area (Å²) in [6.45, 7) is 2.91. The number of nitrogens with zero attached hydrogens (tertiary/aromatic N) is 1. The van der Waals surface area contributed by atoms with Gasteiger partial charge in [-0.3, -0.25) is 0 Å². The largest absolute Gasteiger partial charge is 0.374 e. The van der Waals surface area contributed by atoms with Crippen molar-refractivity contribution in [3.8, 4) is 11.3 Å². The molecule has 2 aromatic rings. The van der Waals surface area contributed by atoms with Gasteiger partial charge in [0.25, 0.3) is 0 Å². The Morgan fingerprint density at radius 2 is 2.06 bits per heavy atom. The lowest BCUT2D eigenvalue weighted by molar-refractivity contribution is 0.128. The minimum atomic E-state index is -0.263. The summed E-state index contributed by atoms with van der Waals surface area (Å²) in [4.78, 5) is 7.31. The van der Waals surface area contributed by atoms with Gasteiger partial charge in [0, 0.05) is 12.3 Å². The van der Waals surface area contributed by atoms with Crippen LogP contribution in [-0.4, -0.2) is 16.6 Å². The third-order valence-corrected chi connectivity index (χ3v) is 2.60. The Bertz CT molecular complexity index is 580. The Morgan fingerprint density at radius 3 is 2.72 bits per heavy atom. The average molecular weight is 264 g/mol. The summed E-state index contributed by atoms with van der Waals surface area (Å²) in [6, 6.07) is 7.96. The number of benzene rings is 1. The maximum Gasteiger partial charge on any atom is 0.134 e. The first-order valence-corrected chi connectivity index (χ1v) is 6.04. The molecule has 1 aromatic carbocycles. The van der Waals surface area contributed by atoms with Crippen LogP contribution >= 0.6 is 12.2 Å². The van der Waals surface area contributed by atoms with Crippen molar-refractivity contribution in [1.29, 1.82) is 0 Å². The summed E-state index contributed by atoms with van der Waals surface area (Å²) >= 11 is 5.10. The molecule has 94 valence electrons. The van der Waals surface area contributed by atoms with Crippen LogP contribution < -0.4 is 0 Å². The number of halogens is 1. The van der Waals surface area contributed by atoms with Crippen LogP contribution in [0.15, 0.2) is 30.3 Å². The van der Waals surface area contributed by atoms with Gasteiger partial charge in [-0.2, -0.15) is 0 Å². The molecule has 0 saturated heterocycles. The Morgan fingerprint density at radius 1 is 1.33 bits per heavy atom. The third-order valence-electron chi connectivity index (χ3n) is 2.39. The van der Waals surface area contributed by atoms with Gasteiger partial charge in [0.05, 0.1) is 0 Å². The van der Waals surface area contributed by atoms with E-state index in [-0.39, 0.29) is 5.82 Å². The predicted octanol–water partition coefficient (Wildman–Crippen LogP) is 3.48. The summed E-state index contributed by atoms with van der Waals surface area (Å²) in [5.74, 6) is 0.407. The van der Waals surface area contributed by atoms with E-state index in [0.717, 1.165) is 11.3 Å². The van der Waals surface area contributed by atoms with Crippen LogP contribution in [0.25, 0.3) is 11.3 Å². The SMILES string of the molecule is CCOCc1nc(=S)cc(-c2ccc(F)cc2)[nH]1. The van der Waals surface area contributed by atoms with Crippen molar-refractivity contribution in [3.63, 3.8) is 0 Å². The number of hydrogen-bond donors (Lipinski definition) is 1. The number of aromatic nitrogens is 2. The first-order chi connectivity index (χ1) is 8.69. The molecule has 3 nitrogen and oxygen atoms in total. The number of ether oxygens (including phenoxy) is 1. The molecule has 0 aliphatic rings. The van der Waals surface area contributed by atoms with Gasteiger partial charge in [-0.25, -0.2) is 9.37 Å². The molecule has 5 heteroatoms. The highest BCUT2D eigenvalue weighted by molar-refractivity contribution is 7.71. The van der Waals surface area contributed by atoms with Crippen molar-refractivity contribution in [2.24, 2.45) is 0 Å². The van der Waals surface area contributed by atoms with E-state index in [1.807, 2.05) is 6.92 Å². The summed E-state index contributed by atoms with van der Waals surface area (Å²) in [5, 5.41) is 0. The smallest absolute Gasteiger partial charge is 0.134 e. The second-order valence-electron chi connectivity index (χ2n) is 3.72. The van der Waals surface area contributed by atoms with E-state index in [1.54, 1.807) is 18.2 Å². The van der Waals surface area contributed by atoms with Crippen LogP contribution in [0.3, 0.4) is 0 Å². The standard InChI is InChI=1S/C13H13FN2OS/c1-2-17-8-12-15-11(7-13(18)16-12)9-3-5-10(14)6-4-9/h3-7H,2,8H2,1H3,(H,15,16,18). The molecule has 0 radical (unpaired) electrons. The maximum absolute atomic E-state index is 12.9. The van der Waals surface area contributed by atoms with Crippen LogP contribution in [0.1, 0.15) is 12.7 Å². The summed E-state index contributed by atoms with van der Waals surface area (Å²) in [5.41, 5.74) is 1.67. The van der Waals surface area contributed by atoms with Gasteiger partial charge in [0.15, 0.2) is 0 Å². The zero-order valence-corrected chi connectivity index (χ0v) is 10.8. The fraction of sp³-hybridized carbons (Fsp3) is 0.231. The van der Waals surface area contributed by atoms with Gasteiger partial charge in [0.1, 0.15) is 22.9 Å². The van der Waals surface area contributed by atoms with Gasteiger partial charge in [-0.15, -0.1) is 0 Å². The van der Waals surface area contributed by atoms with E-state index in [1.165, 1.54) is 12.1 Å². The molecule has 0 unspecified atom stereocenters. The second kappa shape index (κ2) is 5.84. The van der Waals surface area contributed by atoms with Gasteiger partial charge < -0.3 is 9.72 Å². The van der Waals surface area contributed by atoms with Crippen LogP contribution in [-0.2, 0) is 11.3 Å². The number of rotatable bonds is 4. The van der Waals surface area contributed by atoms with Gasteiger partial charge >= 0.3 is 0 Å². The fourth-order valence-electron chi connectivity index (χ4n) is 1.56. The lowest BCUT2D eigenvalue weighted by atomic mass is 10.1. The lowest BCUT2D eigenvalue weighted by Gasteiger charge is -2.06. The molecule has 1 aromatic heterocycles. The topological polar surface area (TPSA) is 37.9 Å². The maximum atomic E-state index is 12.9. The molecular formula is C13H13FN2OS. The molecule has 2 rings (SSSR count). The van der Waals surface area contributed by atoms with E-state index >= 15 is 0 Å². The quantitative estimate of drug-likeness (QED) is 0.859. The van der Waals surface area contributed by atoms with Crippen LogP contribution in [0, 0.1) is 10.5 Å². The van der Waals surface area contributed by atoms with Crippen molar-refractivity contribution in [3.05, 3.63) is 46.6 Å². The predicted molar refractivity (Wildman–Crippen MR) is 70.1 cm³/mol. The fourth-order valence-corrected chi connectivity index (χ4v) is 1.79. The molecule has 18 heavy (non-hydrogen) atoms. The molecule has 0 atom stereocenters. The molecule has 0 bridgehead atoms. The monoisotopic (exact) mass is 264 g/mol. The van der Waals surface area contributed by atoms with Crippen LogP contribution in [0.5, 0.6) is 0 Å². The molecule has 0 amide bonds. The molecule has 0 aliphatic heterocycles. The zero-order valence-electron chi connectivity index (χ0n) is 9.94. The van der Waals surface area contributed by atoms with Crippen molar-refractivity contribution in [1.82, 2.24) is 9.97 Å². The number of aromatic amines is 1. The molecule has 1 heterocycles. The molecule has 1 N–H and O–H groups in total. The number of hydrogen-bond acceptors (Lipinski definition) is 3. The van der Waals surface area contributed by atoms with E-state index in [0.29, 0.717) is 23.7 Å². The highest BCUT2D eigenvalue weighted by atomic mass is 32.1. The first-order valence-electron chi connectivity index (χ1n) is 5.63. The average Bonchev–Trinajstić information content (AvgIpc) is 2.36. The highest BCUT2D eigenvalue weighted by Crippen LogP contribution is 2.17. The minimum absolute atomic E-state index is 0.263. The molecule has 0 fully saturated rings. The van der Waals surface area contributed by atoms with Gasteiger partial charge in [0.2, 0.25) is 0 Å². The Hall–Kier alpha value is -1.59. The Balaban J connectivity index is 2.35. The van der Waals surface area contributed by atoms with E-state index in [9.17, 15) is 4.39 Å². The van der Waals surface area contributed by atoms with E-state index < -0.39 is 0 Å². The summed E-state index contributed by atoms with van der Waals surface area (Å²) in [6.07, 6.45) is 0. The Labute approximate surface area is 110 Å². The highest BCUT2D eigenvalue weighted by Gasteiger charge is 2.02. The van der Waals surface area contributed by atoms with Crippen molar-refractivity contribution in [2.45, 2.75) is 13.5 Å². The minimum Gasteiger partial charge on any atom is -0.374 e. The summed E-state index contributed by atoms with van der Waals surface area (Å²) in [7, 11) is 0. The van der Waals surface area contributed by atoms with Crippen molar-refractivity contribution < 1.29 is 9.13 Å². The van der Waals surface area contributed by atoms with E-state index in [2.05, 4.69) is 9.97 Å². The van der Waals surface area contributed by atoms with Crippen LogP contribution in [0.4, 0.5) is 4.39 Å². The zero-order chi connectivity index (χ0) is 13.0. The molecule has 0 aliphatic carbocycles. The second-order valence-corrected chi connectivity index (χ2v) is 4.14. The van der Waals surface area contributed by atoms with Gasteiger partial charge in [-0.1, -0.05) is 12.2 Å². The first kappa shape index (κ1) is 12.9. The Kier molecular flexibility index (Phi) is 4.17. The van der Waals surface area contributed by atoms with E-state index in [4.69, 9.17) is 17.0 Å². The third kappa shape index (κ3) is 3.21. The summed E-state index contributed by atoms with van der Waals surface area (Å²) < 4.78 is 18.6. The van der Waals surface area contributed by atoms with Crippen molar-refractivity contribution >= 4 is 12.2 Å². The number of nitrogens with one attached hydrogen (secondary N) is 1. The lowest BCUT2D eigenvalue weighted by Crippen LogP contribution is -2.00. The molecule has 0 saturated carbocycles. The normalized spacial score (nSPS) is 10.6. The van der Waals surface area contributed by atoms with Gasteiger partial charge in [-0.05, 0) is 42.8 Å².